The van der Waals surface area contributed by atoms with Crippen molar-refractivity contribution in [3.63, 3.8) is 0 Å². The maximum atomic E-state index is 12.8. The van der Waals surface area contributed by atoms with E-state index in [9.17, 15) is 4.39 Å². The third-order valence-electron chi connectivity index (χ3n) is 4.64. The van der Waals surface area contributed by atoms with Crippen LogP contribution in [0.15, 0.2) is 79.5 Å². The van der Waals surface area contributed by atoms with Crippen LogP contribution in [-0.2, 0) is 0 Å². The molecule has 0 aliphatic carbocycles. The summed E-state index contributed by atoms with van der Waals surface area (Å²) < 4.78 is 18.2. The van der Waals surface area contributed by atoms with E-state index >= 15 is 0 Å². The van der Waals surface area contributed by atoms with Crippen LogP contribution in [0.3, 0.4) is 0 Å². The number of pyridine rings is 1. The van der Waals surface area contributed by atoms with Gasteiger partial charge in [-0.3, -0.25) is 4.98 Å². The van der Waals surface area contributed by atoms with Crippen molar-refractivity contribution in [3.05, 3.63) is 85.1 Å². The topological polar surface area (TPSA) is 22.1 Å². The van der Waals surface area contributed by atoms with Crippen molar-refractivity contribution in [2.45, 2.75) is 32.4 Å². The van der Waals surface area contributed by atoms with Gasteiger partial charge in [0.05, 0.1) is 18.1 Å². The van der Waals surface area contributed by atoms with Crippen molar-refractivity contribution in [2.75, 3.05) is 6.61 Å². The second-order valence-electron chi connectivity index (χ2n) is 7.11. The molecule has 1 aromatic heterocycles. The first-order valence-corrected chi connectivity index (χ1v) is 10.2. The van der Waals surface area contributed by atoms with Crippen LogP contribution in [0.4, 0.5) is 4.39 Å². The Bertz CT molecular complexity index is 994. The third-order valence-corrected chi connectivity index (χ3v) is 4.64. The van der Waals surface area contributed by atoms with Crippen molar-refractivity contribution >= 4 is 0 Å². The molecule has 1 heterocycles. The van der Waals surface area contributed by atoms with E-state index in [1.54, 1.807) is 19.2 Å². The fraction of sp³-hybridized carbons (Fsp3) is 0.222. The number of halogens is 1. The lowest BCUT2D eigenvalue weighted by atomic mass is 10.0. The molecule has 30 heavy (non-hydrogen) atoms. The maximum absolute atomic E-state index is 12.8. The second kappa shape index (κ2) is 11.0. The summed E-state index contributed by atoms with van der Waals surface area (Å²) in [7, 11) is 0. The van der Waals surface area contributed by atoms with Gasteiger partial charge in [-0.1, -0.05) is 60.9 Å². The highest BCUT2D eigenvalue weighted by atomic mass is 19.1. The third kappa shape index (κ3) is 6.32. The molecule has 0 N–H and O–H groups in total. The zero-order valence-corrected chi connectivity index (χ0v) is 17.3. The standard InChI is InChI=1S/C27H26FNO/c1-3-19-30-26-17-18-27(29-20-26)25-15-13-24(14-16-25)23-11-9-22(10-12-23)8-6-4-5-7-21(2)28/h3,9-18,20-21H,1,4-5,7,19H2,2H3. The van der Waals surface area contributed by atoms with Crippen LogP contribution in [0.2, 0.25) is 0 Å². The molecular formula is C27H26FNO. The van der Waals surface area contributed by atoms with E-state index in [1.807, 2.05) is 24.3 Å². The van der Waals surface area contributed by atoms with Crippen molar-refractivity contribution in [2.24, 2.45) is 0 Å². The first-order chi connectivity index (χ1) is 14.7. The Morgan fingerprint density at radius 1 is 1.00 bits per heavy atom. The van der Waals surface area contributed by atoms with Gasteiger partial charge in [0, 0.05) is 17.5 Å². The van der Waals surface area contributed by atoms with E-state index in [-0.39, 0.29) is 0 Å². The Morgan fingerprint density at radius 2 is 1.67 bits per heavy atom. The van der Waals surface area contributed by atoms with Gasteiger partial charge in [0.1, 0.15) is 12.4 Å². The Hall–Kier alpha value is -3.38. The van der Waals surface area contributed by atoms with Gasteiger partial charge in [0.15, 0.2) is 0 Å². The van der Waals surface area contributed by atoms with Gasteiger partial charge < -0.3 is 4.74 Å². The first-order valence-electron chi connectivity index (χ1n) is 10.2. The molecule has 0 radical (unpaired) electrons. The summed E-state index contributed by atoms with van der Waals surface area (Å²) in [5.41, 5.74) is 5.21. The van der Waals surface area contributed by atoms with Gasteiger partial charge in [0.25, 0.3) is 0 Å². The van der Waals surface area contributed by atoms with Crippen LogP contribution in [0.25, 0.3) is 22.4 Å². The molecule has 1 unspecified atom stereocenters. The van der Waals surface area contributed by atoms with Crippen LogP contribution in [0.1, 0.15) is 31.7 Å². The summed E-state index contributed by atoms with van der Waals surface area (Å²) in [5.74, 6) is 7.00. The normalized spacial score (nSPS) is 11.3. The van der Waals surface area contributed by atoms with Crippen LogP contribution >= 0.6 is 0 Å². The lowest BCUT2D eigenvalue weighted by Crippen LogP contribution is -1.93. The van der Waals surface area contributed by atoms with Crippen molar-refractivity contribution in [1.82, 2.24) is 4.98 Å². The van der Waals surface area contributed by atoms with E-state index in [4.69, 9.17) is 4.74 Å². The molecule has 0 saturated heterocycles. The van der Waals surface area contributed by atoms with Gasteiger partial charge >= 0.3 is 0 Å². The number of rotatable bonds is 8. The monoisotopic (exact) mass is 399 g/mol. The van der Waals surface area contributed by atoms with Crippen LogP contribution in [0.5, 0.6) is 5.75 Å². The molecule has 0 fully saturated rings. The molecule has 3 rings (SSSR count). The molecule has 1 atom stereocenters. The predicted octanol–water partition coefficient (Wildman–Crippen LogP) is 6.86. The molecule has 0 saturated carbocycles. The Labute approximate surface area is 178 Å². The number of hydrogen-bond donors (Lipinski definition) is 0. The van der Waals surface area contributed by atoms with E-state index in [2.05, 4.69) is 59.8 Å². The number of nitrogens with zero attached hydrogens (tertiary/aromatic N) is 1. The fourth-order valence-electron chi connectivity index (χ4n) is 3.01. The number of ether oxygens (including phenoxy) is 1. The van der Waals surface area contributed by atoms with Crippen LogP contribution < -0.4 is 4.74 Å². The van der Waals surface area contributed by atoms with Crippen LogP contribution in [0, 0.1) is 11.8 Å². The highest BCUT2D eigenvalue weighted by Crippen LogP contribution is 2.25. The molecule has 0 spiro atoms. The summed E-state index contributed by atoms with van der Waals surface area (Å²) in [6.07, 6.45) is 4.80. The second-order valence-corrected chi connectivity index (χ2v) is 7.11. The molecule has 3 aromatic rings. The zero-order valence-electron chi connectivity index (χ0n) is 17.3. The summed E-state index contributed by atoms with van der Waals surface area (Å²) in [6.45, 7) is 5.70. The van der Waals surface area contributed by atoms with Gasteiger partial charge in [-0.25, -0.2) is 4.39 Å². The van der Waals surface area contributed by atoms with Gasteiger partial charge in [-0.15, -0.1) is 0 Å². The lowest BCUT2D eigenvalue weighted by Gasteiger charge is -2.06. The van der Waals surface area contributed by atoms with Crippen LogP contribution in [-0.4, -0.2) is 17.8 Å². The summed E-state index contributed by atoms with van der Waals surface area (Å²) in [4.78, 5) is 4.47. The Balaban J connectivity index is 1.62. The van der Waals surface area contributed by atoms with E-state index in [0.717, 1.165) is 46.5 Å². The average Bonchev–Trinajstić information content (AvgIpc) is 2.78. The fourth-order valence-corrected chi connectivity index (χ4v) is 3.01. The number of unbranched alkanes of at least 4 members (excludes halogenated alkanes) is 1. The number of hydrogen-bond acceptors (Lipinski definition) is 2. The summed E-state index contributed by atoms with van der Waals surface area (Å²) in [5, 5.41) is 0. The first kappa shape index (κ1) is 21.3. The molecule has 0 aliphatic rings. The summed E-state index contributed by atoms with van der Waals surface area (Å²) in [6, 6.07) is 20.4. The molecular weight excluding hydrogens is 373 g/mol. The van der Waals surface area contributed by atoms with Gasteiger partial charge in [0.2, 0.25) is 0 Å². The number of aromatic nitrogens is 1. The Morgan fingerprint density at radius 3 is 2.27 bits per heavy atom. The average molecular weight is 400 g/mol. The minimum Gasteiger partial charge on any atom is -0.488 e. The molecule has 0 amide bonds. The molecule has 0 bridgehead atoms. The maximum Gasteiger partial charge on any atom is 0.138 e. The van der Waals surface area contributed by atoms with E-state index < -0.39 is 6.17 Å². The number of benzene rings is 2. The minimum atomic E-state index is -0.746. The molecule has 152 valence electrons. The smallest absolute Gasteiger partial charge is 0.138 e. The predicted molar refractivity (Wildman–Crippen MR) is 122 cm³/mol. The SMILES string of the molecule is C=CCOc1ccc(-c2ccc(-c3ccc(C#CCCCC(C)F)cc3)cc2)nc1. The highest BCUT2D eigenvalue weighted by molar-refractivity contribution is 5.69. The van der Waals surface area contributed by atoms with E-state index in [1.165, 1.54) is 0 Å². The minimum absolute atomic E-state index is 0.471. The number of alkyl halides is 1. The molecule has 2 nitrogen and oxygen atoms in total. The molecule has 2 aromatic carbocycles. The van der Waals surface area contributed by atoms with Crippen molar-refractivity contribution in [1.29, 1.82) is 0 Å². The van der Waals surface area contributed by atoms with E-state index in [0.29, 0.717) is 13.0 Å². The van der Waals surface area contributed by atoms with Gasteiger partial charge in [-0.2, -0.15) is 0 Å². The largest absolute Gasteiger partial charge is 0.488 e. The Kier molecular flexibility index (Phi) is 7.80. The van der Waals surface area contributed by atoms with Crippen molar-refractivity contribution in [3.8, 4) is 40.0 Å². The quantitative estimate of drug-likeness (QED) is 0.234. The highest BCUT2D eigenvalue weighted by Gasteiger charge is 2.03. The molecule has 0 aliphatic heterocycles. The van der Waals surface area contributed by atoms with Crippen molar-refractivity contribution < 1.29 is 9.13 Å². The summed E-state index contributed by atoms with van der Waals surface area (Å²) >= 11 is 0. The molecule has 3 heteroatoms. The zero-order chi connectivity index (χ0) is 21.2. The lowest BCUT2D eigenvalue weighted by molar-refractivity contribution is 0.336. The van der Waals surface area contributed by atoms with Gasteiger partial charge in [-0.05, 0) is 55.2 Å².